The Kier molecular flexibility index (Phi) is 3.07. The van der Waals surface area contributed by atoms with Crippen LogP contribution < -0.4 is 10.2 Å². The van der Waals surface area contributed by atoms with Crippen LogP contribution in [0.3, 0.4) is 0 Å². The Hall–Kier alpha value is -1.37. The molecule has 2 saturated heterocycles. The van der Waals surface area contributed by atoms with Crippen LogP contribution in [0.25, 0.3) is 0 Å². The Bertz CT molecular complexity index is 410. The van der Waals surface area contributed by atoms with Gasteiger partial charge in [0.25, 0.3) is 5.91 Å². The lowest BCUT2D eigenvalue weighted by Crippen LogP contribution is -2.60. The summed E-state index contributed by atoms with van der Waals surface area (Å²) in [6.07, 6.45) is 3.13. The molecule has 0 bridgehead atoms. The molecule has 2 fully saturated rings. The standard InChI is InChI=1S/C12H16N2O4/c15-11-6-18-12(7-13-2-4-17-9-12)8-14(11)10-1-3-16-5-10/h1,3,5,13H,2,4,6-9H2. The van der Waals surface area contributed by atoms with Crippen molar-refractivity contribution in [3.05, 3.63) is 18.6 Å². The highest BCUT2D eigenvalue weighted by atomic mass is 16.5. The Labute approximate surface area is 105 Å². The third-order valence-electron chi connectivity index (χ3n) is 3.30. The third kappa shape index (κ3) is 2.14. The van der Waals surface area contributed by atoms with Gasteiger partial charge in [-0.3, -0.25) is 4.79 Å². The molecule has 3 rings (SSSR count). The Morgan fingerprint density at radius 1 is 1.44 bits per heavy atom. The molecule has 0 aliphatic carbocycles. The van der Waals surface area contributed by atoms with Crippen LogP contribution in [0.4, 0.5) is 5.69 Å². The molecule has 1 atom stereocenters. The lowest BCUT2D eigenvalue weighted by molar-refractivity contribution is -0.144. The summed E-state index contributed by atoms with van der Waals surface area (Å²) in [4.78, 5) is 13.6. The summed E-state index contributed by atoms with van der Waals surface area (Å²) in [7, 11) is 0. The van der Waals surface area contributed by atoms with Gasteiger partial charge in [0.15, 0.2) is 0 Å². The number of nitrogens with zero attached hydrogens (tertiary/aromatic N) is 1. The fourth-order valence-electron chi connectivity index (χ4n) is 2.32. The molecule has 18 heavy (non-hydrogen) atoms. The molecule has 0 aromatic carbocycles. The molecule has 1 amide bonds. The van der Waals surface area contributed by atoms with E-state index in [-0.39, 0.29) is 12.5 Å². The van der Waals surface area contributed by atoms with Crippen LogP contribution in [-0.2, 0) is 14.3 Å². The average Bonchev–Trinajstić information content (AvgIpc) is 2.81. The number of anilines is 1. The number of hydrogen-bond acceptors (Lipinski definition) is 5. The zero-order chi connectivity index (χ0) is 12.4. The minimum atomic E-state index is -0.457. The molecule has 2 aliphatic heterocycles. The van der Waals surface area contributed by atoms with Crippen molar-refractivity contribution in [1.82, 2.24) is 5.32 Å². The fourth-order valence-corrected chi connectivity index (χ4v) is 2.32. The SMILES string of the molecule is O=C1COC2(CNCCOC2)CN1c1ccoc1. The number of nitrogens with one attached hydrogen (secondary N) is 1. The van der Waals surface area contributed by atoms with E-state index in [0.717, 1.165) is 12.2 Å². The van der Waals surface area contributed by atoms with Crippen LogP contribution in [0, 0.1) is 0 Å². The minimum absolute atomic E-state index is 0.0497. The molecule has 6 heteroatoms. The summed E-state index contributed by atoms with van der Waals surface area (Å²) < 4.78 is 16.3. The highest BCUT2D eigenvalue weighted by Gasteiger charge is 2.41. The molecule has 0 saturated carbocycles. The van der Waals surface area contributed by atoms with Crippen LogP contribution >= 0.6 is 0 Å². The zero-order valence-corrected chi connectivity index (χ0v) is 10.1. The van der Waals surface area contributed by atoms with Crippen molar-refractivity contribution in [2.45, 2.75) is 5.60 Å². The van der Waals surface area contributed by atoms with Crippen LogP contribution in [0.2, 0.25) is 0 Å². The second-order valence-corrected chi connectivity index (χ2v) is 4.66. The van der Waals surface area contributed by atoms with Crippen molar-refractivity contribution in [1.29, 1.82) is 0 Å². The normalized spacial score (nSPS) is 29.6. The number of ether oxygens (including phenoxy) is 2. The maximum absolute atomic E-state index is 11.9. The van der Waals surface area contributed by atoms with Crippen LogP contribution in [0.1, 0.15) is 0 Å². The predicted molar refractivity (Wildman–Crippen MR) is 63.4 cm³/mol. The molecular weight excluding hydrogens is 236 g/mol. The smallest absolute Gasteiger partial charge is 0.253 e. The number of carbonyl (C=O) groups is 1. The number of amides is 1. The van der Waals surface area contributed by atoms with Gasteiger partial charge < -0.3 is 24.1 Å². The third-order valence-corrected chi connectivity index (χ3v) is 3.30. The van der Waals surface area contributed by atoms with Crippen molar-refractivity contribution in [2.24, 2.45) is 0 Å². The molecule has 2 aliphatic rings. The Balaban J connectivity index is 1.80. The van der Waals surface area contributed by atoms with Gasteiger partial charge in [0.1, 0.15) is 18.5 Å². The molecule has 6 nitrogen and oxygen atoms in total. The van der Waals surface area contributed by atoms with Crippen molar-refractivity contribution in [3.8, 4) is 0 Å². The molecule has 1 aromatic rings. The van der Waals surface area contributed by atoms with E-state index in [1.807, 2.05) is 0 Å². The fraction of sp³-hybridized carbons (Fsp3) is 0.583. The second-order valence-electron chi connectivity index (χ2n) is 4.66. The van der Waals surface area contributed by atoms with E-state index in [4.69, 9.17) is 13.9 Å². The molecule has 1 N–H and O–H groups in total. The van der Waals surface area contributed by atoms with Crippen LogP contribution in [-0.4, -0.2) is 51.0 Å². The number of morpholine rings is 1. The van der Waals surface area contributed by atoms with E-state index in [0.29, 0.717) is 26.3 Å². The topological polar surface area (TPSA) is 63.9 Å². The first-order valence-corrected chi connectivity index (χ1v) is 6.04. The van der Waals surface area contributed by atoms with Crippen molar-refractivity contribution >= 4 is 11.6 Å². The van der Waals surface area contributed by atoms with Gasteiger partial charge in [0, 0.05) is 19.2 Å². The molecular formula is C12H16N2O4. The van der Waals surface area contributed by atoms with Gasteiger partial charge in [-0.15, -0.1) is 0 Å². The lowest BCUT2D eigenvalue weighted by Gasteiger charge is -2.40. The maximum atomic E-state index is 11.9. The van der Waals surface area contributed by atoms with Crippen LogP contribution in [0.5, 0.6) is 0 Å². The second kappa shape index (κ2) is 4.72. The van der Waals surface area contributed by atoms with Crippen molar-refractivity contribution < 1.29 is 18.7 Å². The zero-order valence-electron chi connectivity index (χ0n) is 10.1. The highest BCUT2D eigenvalue weighted by Crippen LogP contribution is 2.25. The van der Waals surface area contributed by atoms with Gasteiger partial charge in [-0.1, -0.05) is 0 Å². The summed E-state index contributed by atoms with van der Waals surface area (Å²) in [6.45, 7) is 3.24. The number of hydrogen-bond donors (Lipinski definition) is 1. The van der Waals surface area contributed by atoms with Gasteiger partial charge in [0.2, 0.25) is 0 Å². The van der Waals surface area contributed by atoms with Gasteiger partial charge in [-0.05, 0) is 0 Å². The number of furan rings is 1. The first kappa shape index (κ1) is 11.7. The van der Waals surface area contributed by atoms with Gasteiger partial charge in [-0.25, -0.2) is 0 Å². The van der Waals surface area contributed by atoms with Gasteiger partial charge >= 0.3 is 0 Å². The quantitative estimate of drug-likeness (QED) is 0.762. The average molecular weight is 252 g/mol. The first-order chi connectivity index (χ1) is 8.79. The van der Waals surface area contributed by atoms with Crippen LogP contribution in [0.15, 0.2) is 23.0 Å². The van der Waals surface area contributed by atoms with E-state index in [2.05, 4.69) is 5.32 Å². The summed E-state index contributed by atoms with van der Waals surface area (Å²) in [6, 6.07) is 1.78. The summed E-state index contributed by atoms with van der Waals surface area (Å²) in [5.41, 5.74) is 0.314. The number of carbonyl (C=O) groups excluding carboxylic acids is 1. The van der Waals surface area contributed by atoms with E-state index in [1.165, 1.54) is 0 Å². The van der Waals surface area contributed by atoms with Gasteiger partial charge in [0.05, 0.1) is 31.7 Å². The molecule has 0 radical (unpaired) electrons. The van der Waals surface area contributed by atoms with E-state index in [1.54, 1.807) is 23.5 Å². The summed E-state index contributed by atoms with van der Waals surface area (Å²) >= 11 is 0. The Morgan fingerprint density at radius 3 is 3.22 bits per heavy atom. The molecule has 3 heterocycles. The largest absolute Gasteiger partial charge is 0.470 e. The van der Waals surface area contributed by atoms with Crippen molar-refractivity contribution in [2.75, 3.05) is 44.4 Å². The molecule has 1 unspecified atom stereocenters. The van der Waals surface area contributed by atoms with Gasteiger partial charge in [-0.2, -0.15) is 0 Å². The molecule has 1 spiro atoms. The summed E-state index contributed by atoms with van der Waals surface area (Å²) in [5.74, 6) is -0.0497. The van der Waals surface area contributed by atoms with E-state index >= 15 is 0 Å². The Morgan fingerprint density at radius 2 is 2.39 bits per heavy atom. The number of rotatable bonds is 1. The highest BCUT2D eigenvalue weighted by molar-refractivity contribution is 5.95. The monoisotopic (exact) mass is 252 g/mol. The minimum Gasteiger partial charge on any atom is -0.470 e. The molecule has 98 valence electrons. The predicted octanol–water partition coefficient (Wildman–Crippen LogP) is 0.00140. The van der Waals surface area contributed by atoms with E-state index < -0.39 is 5.60 Å². The summed E-state index contributed by atoms with van der Waals surface area (Å²) in [5, 5.41) is 3.28. The molecule has 1 aromatic heterocycles. The maximum Gasteiger partial charge on any atom is 0.253 e. The lowest BCUT2D eigenvalue weighted by atomic mass is 10.0. The van der Waals surface area contributed by atoms with Crippen molar-refractivity contribution in [3.63, 3.8) is 0 Å². The van der Waals surface area contributed by atoms with E-state index in [9.17, 15) is 4.79 Å². The first-order valence-electron chi connectivity index (χ1n) is 6.04.